The number of hydrogen-bond donors (Lipinski definition) is 2. The van der Waals surface area contributed by atoms with Gasteiger partial charge in [-0.2, -0.15) is 0 Å². The molecular formula is C26H42O4. The molecule has 0 amide bonds. The lowest BCUT2D eigenvalue weighted by atomic mass is 10.0. The topological polar surface area (TPSA) is 74.6 Å². The van der Waals surface area contributed by atoms with E-state index in [1.807, 2.05) is 0 Å². The van der Waals surface area contributed by atoms with Gasteiger partial charge in [-0.1, -0.05) is 102 Å². The summed E-state index contributed by atoms with van der Waals surface area (Å²) in [6, 6.07) is 0. The number of rotatable bonds is 19. The molecule has 30 heavy (non-hydrogen) atoms. The summed E-state index contributed by atoms with van der Waals surface area (Å²) in [5, 5.41) is 17.6. The van der Waals surface area contributed by atoms with E-state index in [1.54, 1.807) is 0 Å². The fourth-order valence-electron chi connectivity index (χ4n) is 3.36. The Morgan fingerprint density at radius 2 is 0.967 bits per heavy atom. The highest BCUT2D eigenvalue weighted by Crippen LogP contribution is 2.14. The first-order valence-electron chi connectivity index (χ1n) is 12.0. The van der Waals surface area contributed by atoms with E-state index in [0.29, 0.717) is 6.42 Å². The monoisotopic (exact) mass is 418 g/mol. The van der Waals surface area contributed by atoms with Crippen molar-refractivity contribution >= 4 is 11.9 Å². The summed E-state index contributed by atoms with van der Waals surface area (Å²) in [7, 11) is 0. The average Bonchev–Trinajstić information content (AvgIpc) is 2.71. The van der Waals surface area contributed by atoms with E-state index < -0.39 is 17.9 Å². The van der Waals surface area contributed by atoms with Crippen molar-refractivity contribution in [1.29, 1.82) is 0 Å². The number of carboxylic acid groups (broad SMARTS) is 2. The summed E-state index contributed by atoms with van der Waals surface area (Å²) in [6.45, 7) is 2.25. The summed E-state index contributed by atoms with van der Waals surface area (Å²) in [5.74, 6) is 8.46. The molecule has 2 N–H and O–H groups in total. The molecule has 0 rings (SSSR count). The number of carbonyl (C=O) groups is 2. The first-order valence-corrected chi connectivity index (χ1v) is 12.0. The van der Waals surface area contributed by atoms with Gasteiger partial charge in [-0.15, -0.1) is 0 Å². The molecule has 0 saturated carbocycles. The standard InChI is InChI=1S/C26H42O4/c1-2-3-4-5-6-7-8-9-10-11-12-13-14-15-16-17-18-19-20-21-22-23-24(25(27)28)26(29)30/h24H,2-10,15-23H2,1H3,(H,27,28)(H,29,30). The Morgan fingerprint density at radius 1 is 0.600 bits per heavy atom. The maximum Gasteiger partial charge on any atom is 0.317 e. The van der Waals surface area contributed by atoms with Gasteiger partial charge in [-0.3, -0.25) is 9.59 Å². The number of carboxylic acids is 2. The van der Waals surface area contributed by atoms with E-state index in [0.717, 1.165) is 51.4 Å². The van der Waals surface area contributed by atoms with Crippen molar-refractivity contribution in [3.8, 4) is 23.7 Å². The van der Waals surface area contributed by atoms with Crippen molar-refractivity contribution in [2.75, 3.05) is 0 Å². The highest BCUT2D eigenvalue weighted by molar-refractivity contribution is 5.92. The SMILES string of the molecule is CCCCCCCCCCC#CC#CCCCCCCCCCC(C(=O)O)C(=O)O. The van der Waals surface area contributed by atoms with Crippen LogP contribution in [0.5, 0.6) is 0 Å². The second kappa shape index (κ2) is 21.8. The molecule has 0 aliphatic heterocycles. The molecule has 4 heteroatoms. The van der Waals surface area contributed by atoms with E-state index in [1.165, 1.54) is 51.4 Å². The lowest BCUT2D eigenvalue weighted by Gasteiger charge is -2.06. The molecule has 0 saturated heterocycles. The Morgan fingerprint density at radius 3 is 1.37 bits per heavy atom. The summed E-state index contributed by atoms with van der Waals surface area (Å²) in [5.41, 5.74) is 0. The van der Waals surface area contributed by atoms with Gasteiger partial charge in [-0.05, 0) is 31.1 Å². The highest BCUT2D eigenvalue weighted by atomic mass is 16.4. The highest BCUT2D eigenvalue weighted by Gasteiger charge is 2.24. The molecule has 4 nitrogen and oxygen atoms in total. The maximum atomic E-state index is 10.8. The van der Waals surface area contributed by atoms with Crippen LogP contribution in [0.1, 0.15) is 122 Å². The molecule has 0 atom stereocenters. The molecule has 0 heterocycles. The molecule has 0 aliphatic carbocycles. The van der Waals surface area contributed by atoms with Gasteiger partial charge in [0.05, 0.1) is 0 Å². The van der Waals surface area contributed by atoms with E-state index in [4.69, 9.17) is 10.2 Å². The Hall–Kier alpha value is -1.94. The summed E-state index contributed by atoms with van der Waals surface area (Å²) in [4.78, 5) is 21.6. The van der Waals surface area contributed by atoms with Gasteiger partial charge in [-0.25, -0.2) is 0 Å². The summed E-state index contributed by atoms with van der Waals surface area (Å²) in [6.07, 6.45) is 19.8. The van der Waals surface area contributed by atoms with Crippen LogP contribution < -0.4 is 0 Å². The fourth-order valence-corrected chi connectivity index (χ4v) is 3.36. The van der Waals surface area contributed by atoms with Crippen LogP contribution in [0, 0.1) is 29.6 Å². The predicted octanol–water partition coefficient (Wildman–Crippen LogP) is 6.82. The summed E-state index contributed by atoms with van der Waals surface area (Å²) >= 11 is 0. The van der Waals surface area contributed by atoms with Gasteiger partial charge in [0, 0.05) is 12.8 Å². The average molecular weight is 419 g/mol. The third-order valence-corrected chi connectivity index (χ3v) is 5.29. The quantitative estimate of drug-likeness (QED) is 0.137. The van der Waals surface area contributed by atoms with E-state index in [-0.39, 0.29) is 6.42 Å². The van der Waals surface area contributed by atoms with Crippen LogP contribution in [-0.4, -0.2) is 22.2 Å². The molecule has 0 aromatic carbocycles. The largest absolute Gasteiger partial charge is 0.481 e. The minimum absolute atomic E-state index is 0.223. The van der Waals surface area contributed by atoms with Crippen LogP contribution in [0.3, 0.4) is 0 Å². The smallest absolute Gasteiger partial charge is 0.317 e. The first-order chi connectivity index (χ1) is 14.6. The Balaban J connectivity index is 3.41. The molecule has 0 radical (unpaired) electrons. The zero-order valence-electron chi connectivity index (χ0n) is 19.0. The van der Waals surface area contributed by atoms with Crippen molar-refractivity contribution in [3.63, 3.8) is 0 Å². The zero-order chi connectivity index (χ0) is 22.3. The normalized spacial score (nSPS) is 10.2. The van der Waals surface area contributed by atoms with E-state index >= 15 is 0 Å². The van der Waals surface area contributed by atoms with Crippen LogP contribution in [0.4, 0.5) is 0 Å². The molecular weight excluding hydrogens is 376 g/mol. The lowest BCUT2D eigenvalue weighted by molar-refractivity contribution is -0.154. The molecule has 0 bridgehead atoms. The molecule has 170 valence electrons. The second-order valence-electron chi connectivity index (χ2n) is 8.07. The number of aliphatic carboxylic acids is 2. The molecule has 0 aliphatic rings. The van der Waals surface area contributed by atoms with Crippen LogP contribution in [-0.2, 0) is 9.59 Å². The van der Waals surface area contributed by atoms with Crippen LogP contribution in [0.2, 0.25) is 0 Å². The van der Waals surface area contributed by atoms with Crippen molar-refractivity contribution in [2.45, 2.75) is 122 Å². The first kappa shape index (κ1) is 28.1. The predicted molar refractivity (Wildman–Crippen MR) is 123 cm³/mol. The third-order valence-electron chi connectivity index (χ3n) is 5.29. The minimum Gasteiger partial charge on any atom is -0.481 e. The second-order valence-corrected chi connectivity index (χ2v) is 8.07. The number of unbranched alkanes of at least 4 members (excludes halogenated alkanes) is 15. The van der Waals surface area contributed by atoms with Gasteiger partial charge >= 0.3 is 11.9 Å². The number of hydrogen-bond acceptors (Lipinski definition) is 2. The molecule has 0 spiro atoms. The fraction of sp³-hybridized carbons (Fsp3) is 0.769. The van der Waals surface area contributed by atoms with E-state index in [2.05, 4.69) is 30.6 Å². The molecule has 0 fully saturated rings. The lowest BCUT2D eigenvalue weighted by Crippen LogP contribution is -2.23. The van der Waals surface area contributed by atoms with Crippen LogP contribution in [0.25, 0.3) is 0 Å². The Bertz CT molecular complexity index is 545. The molecule has 0 unspecified atom stereocenters. The Kier molecular flexibility index (Phi) is 20.4. The van der Waals surface area contributed by atoms with Crippen LogP contribution in [0.15, 0.2) is 0 Å². The van der Waals surface area contributed by atoms with Crippen LogP contribution >= 0.6 is 0 Å². The van der Waals surface area contributed by atoms with Gasteiger partial charge < -0.3 is 10.2 Å². The van der Waals surface area contributed by atoms with Crippen molar-refractivity contribution in [3.05, 3.63) is 0 Å². The van der Waals surface area contributed by atoms with Gasteiger partial charge in [0.1, 0.15) is 0 Å². The van der Waals surface area contributed by atoms with Gasteiger partial charge in [0.25, 0.3) is 0 Å². The molecule has 0 aromatic heterocycles. The maximum absolute atomic E-state index is 10.8. The summed E-state index contributed by atoms with van der Waals surface area (Å²) < 4.78 is 0. The minimum atomic E-state index is -1.26. The molecule has 0 aromatic rings. The third kappa shape index (κ3) is 19.4. The Labute approximate surface area is 184 Å². The van der Waals surface area contributed by atoms with Crippen molar-refractivity contribution in [1.82, 2.24) is 0 Å². The van der Waals surface area contributed by atoms with Crippen molar-refractivity contribution < 1.29 is 19.8 Å². The van der Waals surface area contributed by atoms with Crippen molar-refractivity contribution in [2.24, 2.45) is 5.92 Å². The zero-order valence-corrected chi connectivity index (χ0v) is 19.0. The van der Waals surface area contributed by atoms with E-state index in [9.17, 15) is 9.59 Å². The van der Waals surface area contributed by atoms with Gasteiger partial charge in [0.15, 0.2) is 5.92 Å². The van der Waals surface area contributed by atoms with Gasteiger partial charge in [0.2, 0.25) is 0 Å².